The van der Waals surface area contributed by atoms with E-state index in [0.717, 1.165) is 44.2 Å². The van der Waals surface area contributed by atoms with Crippen molar-refractivity contribution in [3.8, 4) is 0 Å². The van der Waals surface area contributed by atoms with Crippen molar-refractivity contribution in [2.45, 2.75) is 76.7 Å². The minimum absolute atomic E-state index is 0.0637. The van der Waals surface area contributed by atoms with Gasteiger partial charge < -0.3 is 14.0 Å². The van der Waals surface area contributed by atoms with Crippen LogP contribution in [0.4, 0.5) is 0 Å². The highest BCUT2D eigenvalue weighted by Gasteiger charge is 2.33. The number of nitrogens with one attached hydrogen (secondary N) is 1. The number of ether oxygens (including phenoxy) is 2. The smallest absolute Gasteiger partial charge is 0.254 e. The second-order valence-corrected chi connectivity index (χ2v) is 9.75. The number of pyridine rings is 1. The van der Waals surface area contributed by atoms with Gasteiger partial charge in [0, 0.05) is 23.9 Å². The Morgan fingerprint density at radius 3 is 2.36 bits per heavy atom. The van der Waals surface area contributed by atoms with E-state index in [4.69, 9.17) is 9.47 Å². The van der Waals surface area contributed by atoms with Crippen molar-refractivity contribution in [3.63, 3.8) is 0 Å². The van der Waals surface area contributed by atoms with E-state index in [-0.39, 0.29) is 23.7 Å². The standard InChI is InChI=1S/C20H32N2O5S/c1-4-26-16-8-10-17(11-9-16)27-13-19-18(21-28(3,24)25)12-7-15-6-5-14(2)20(23)22(15)19/h5-6,16-19,21H,4,7-13H2,1-3H3/t16?,17?,18-,19+/m0/s1. The number of nitrogens with zero attached hydrogens (tertiary/aromatic N) is 1. The van der Waals surface area contributed by atoms with Crippen molar-refractivity contribution in [1.29, 1.82) is 0 Å². The van der Waals surface area contributed by atoms with E-state index in [1.165, 1.54) is 0 Å². The molecule has 3 rings (SSSR count). The number of aromatic nitrogens is 1. The fraction of sp³-hybridized carbons (Fsp3) is 0.750. The number of rotatable bonds is 7. The van der Waals surface area contributed by atoms with Gasteiger partial charge in [-0.05, 0) is 58.4 Å². The van der Waals surface area contributed by atoms with Gasteiger partial charge in [0.1, 0.15) is 0 Å². The summed E-state index contributed by atoms with van der Waals surface area (Å²) in [6.07, 6.45) is 6.72. The largest absolute Gasteiger partial charge is 0.379 e. The van der Waals surface area contributed by atoms with Crippen LogP contribution in [-0.2, 0) is 25.9 Å². The summed E-state index contributed by atoms with van der Waals surface area (Å²) >= 11 is 0. The normalized spacial score (nSPS) is 28.1. The van der Waals surface area contributed by atoms with Crippen LogP contribution >= 0.6 is 0 Å². The zero-order chi connectivity index (χ0) is 20.3. The Kier molecular flexibility index (Phi) is 6.96. The third-order valence-electron chi connectivity index (χ3n) is 5.79. The van der Waals surface area contributed by atoms with Gasteiger partial charge in [-0.15, -0.1) is 0 Å². The molecule has 1 fully saturated rings. The zero-order valence-electron chi connectivity index (χ0n) is 17.0. The van der Waals surface area contributed by atoms with Crippen LogP contribution in [0.3, 0.4) is 0 Å². The fourth-order valence-electron chi connectivity index (χ4n) is 4.38. The fourth-order valence-corrected chi connectivity index (χ4v) is 5.20. The lowest BCUT2D eigenvalue weighted by molar-refractivity contribution is -0.0398. The molecule has 0 amide bonds. The molecule has 0 radical (unpaired) electrons. The second kappa shape index (κ2) is 9.07. The topological polar surface area (TPSA) is 86.6 Å². The van der Waals surface area contributed by atoms with Gasteiger partial charge >= 0.3 is 0 Å². The monoisotopic (exact) mass is 412 g/mol. The highest BCUT2D eigenvalue weighted by molar-refractivity contribution is 7.88. The van der Waals surface area contributed by atoms with Crippen LogP contribution in [0.25, 0.3) is 0 Å². The van der Waals surface area contributed by atoms with Gasteiger partial charge in [-0.3, -0.25) is 4.79 Å². The molecule has 1 saturated carbocycles. The molecule has 1 N–H and O–H groups in total. The molecular formula is C20H32N2O5S. The third-order valence-corrected chi connectivity index (χ3v) is 6.52. The molecule has 2 atom stereocenters. The molecule has 0 spiro atoms. The quantitative estimate of drug-likeness (QED) is 0.739. The van der Waals surface area contributed by atoms with Gasteiger partial charge in [0.2, 0.25) is 10.0 Å². The minimum atomic E-state index is -3.38. The summed E-state index contributed by atoms with van der Waals surface area (Å²) in [5.41, 5.74) is 1.54. The van der Waals surface area contributed by atoms with Crippen LogP contribution in [0.1, 0.15) is 56.3 Å². The first-order valence-electron chi connectivity index (χ1n) is 10.2. The average Bonchev–Trinajstić information content (AvgIpc) is 2.64. The van der Waals surface area contributed by atoms with Gasteiger partial charge in [-0.25, -0.2) is 13.1 Å². The lowest BCUT2D eigenvalue weighted by Crippen LogP contribution is -2.49. The molecule has 28 heavy (non-hydrogen) atoms. The molecule has 7 nitrogen and oxygen atoms in total. The first-order chi connectivity index (χ1) is 13.3. The van der Waals surface area contributed by atoms with Crippen LogP contribution < -0.4 is 10.3 Å². The molecule has 0 aromatic carbocycles. The van der Waals surface area contributed by atoms with Crippen LogP contribution in [0.2, 0.25) is 0 Å². The summed E-state index contributed by atoms with van der Waals surface area (Å²) < 4.78 is 40.1. The van der Waals surface area contributed by atoms with Gasteiger partial charge in [0.05, 0.1) is 31.1 Å². The van der Waals surface area contributed by atoms with Gasteiger partial charge in [-0.2, -0.15) is 0 Å². The number of fused-ring (bicyclic) bond motifs is 1. The van der Waals surface area contributed by atoms with Gasteiger partial charge in [-0.1, -0.05) is 6.07 Å². The number of hydrogen-bond acceptors (Lipinski definition) is 5. The summed E-state index contributed by atoms with van der Waals surface area (Å²) in [5.74, 6) is 0. The second-order valence-electron chi connectivity index (χ2n) is 7.97. The van der Waals surface area contributed by atoms with Crippen molar-refractivity contribution in [1.82, 2.24) is 9.29 Å². The third kappa shape index (κ3) is 5.23. The predicted molar refractivity (Wildman–Crippen MR) is 108 cm³/mol. The molecule has 1 aromatic rings. The lowest BCUT2D eigenvalue weighted by atomic mass is 9.94. The highest BCUT2D eigenvalue weighted by Crippen LogP contribution is 2.28. The summed E-state index contributed by atoms with van der Waals surface area (Å²) in [5, 5.41) is 0. The maximum atomic E-state index is 12.8. The van der Waals surface area contributed by atoms with E-state index in [2.05, 4.69) is 4.72 Å². The van der Waals surface area contributed by atoms with Crippen molar-refractivity contribution in [2.24, 2.45) is 0 Å². The molecule has 1 aliphatic carbocycles. The number of hydrogen-bond donors (Lipinski definition) is 1. The zero-order valence-corrected chi connectivity index (χ0v) is 17.8. The Morgan fingerprint density at radius 2 is 1.75 bits per heavy atom. The Labute approximate surface area is 167 Å². The van der Waals surface area contributed by atoms with Crippen LogP contribution in [0, 0.1) is 6.92 Å². The number of sulfonamides is 1. The maximum absolute atomic E-state index is 12.8. The van der Waals surface area contributed by atoms with Gasteiger partial charge in [0.15, 0.2) is 0 Å². The summed E-state index contributed by atoms with van der Waals surface area (Å²) in [6.45, 7) is 4.86. The van der Waals surface area contributed by atoms with E-state index >= 15 is 0 Å². The van der Waals surface area contributed by atoms with Gasteiger partial charge in [0.25, 0.3) is 5.56 Å². The summed E-state index contributed by atoms with van der Waals surface area (Å²) in [4.78, 5) is 12.8. The molecule has 8 heteroatoms. The molecule has 158 valence electrons. The first-order valence-corrected chi connectivity index (χ1v) is 12.1. The minimum Gasteiger partial charge on any atom is -0.379 e. The van der Waals surface area contributed by atoms with Crippen molar-refractivity contribution >= 4 is 10.0 Å². The first kappa shape index (κ1) is 21.5. The number of aryl methyl sites for hydroxylation is 2. The van der Waals surface area contributed by atoms with Crippen molar-refractivity contribution in [2.75, 3.05) is 19.5 Å². The Balaban J connectivity index is 1.75. The molecule has 1 aromatic heterocycles. The maximum Gasteiger partial charge on any atom is 0.254 e. The average molecular weight is 413 g/mol. The van der Waals surface area contributed by atoms with Crippen LogP contribution in [0.15, 0.2) is 16.9 Å². The van der Waals surface area contributed by atoms with E-state index < -0.39 is 10.0 Å². The highest BCUT2D eigenvalue weighted by atomic mass is 32.2. The van der Waals surface area contributed by atoms with Crippen LogP contribution in [0.5, 0.6) is 0 Å². The van der Waals surface area contributed by atoms with E-state index in [9.17, 15) is 13.2 Å². The molecule has 0 saturated heterocycles. The lowest BCUT2D eigenvalue weighted by Gasteiger charge is -2.37. The molecular weight excluding hydrogens is 380 g/mol. The summed E-state index contributed by atoms with van der Waals surface area (Å²) in [6, 6.07) is 3.12. The summed E-state index contributed by atoms with van der Waals surface area (Å²) in [7, 11) is -3.38. The Morgan fingerprint density at radius 1 is 1.11 bits per heavy atom. The van der Waals surface area contributed by atoms with Crippen molar-refractivity contribution < 1.29 is 17.9 Å². The van der Waals surface area contributed by atoms with Crippen LogP contribution in [-0.4, -0.2) is 50.7 Å². The van der Waals surface area contributed by atoms with E-state index in [1.54, 1.807) is 11.5 Å². The van der Waals surface area contributed by atoms with E-state index in [1.807, 2.05) is 19.1 Å². The predicted octanol–water partition coefficient (Wildman–Crippen LogP) is 1.93. The molecule has 0 bridgehead atoms. The van der Waals surface area contributed by atoms with E-state index in [0.29, 0.717) is 31.1 Å². The van der Waals surface area contributed by atoms with Crippen molar-refractivity contribution in [3.05, 3.63) is 33.7 Å². The SMILES string of the molecule is CCOC1CCC(OC[C@@H]2[C@@H](NS(C)(=O)=O)CCc3ccc(C)c(=O)n32)CC1. The molecule has 0 unspecified atom stereocenters. The Bertz CT molecular complexity index is 827. The molecule has 1 aliphatic heterocycles. The Hall–Kier alpha value is -1.22. The molecule has 2 aliphatic rings. The molecule has 2 heterocycles.